The minimum atomic E-state index is -0.250. The summed E-state index contributed by atoms with van der Waals surface area (Å²) in [5.74, 6) is -0.250. The fourth-order valence-electron chi connectivity index (χ4n) is 2.46. The summed E-state index contributed by atoms with van der Waals surface area (Å²) in [6.45, 7) is 0. The van der Waals surface area contributed by atoms with Gasteiger partial charge in [0.15, 0.2) is 0 Å². The van der Waals surface area contributed by atoms with Crippen molar-refractivity contribution in [2.75, 3.05) is 0 Å². The first-order valence-electron chi connectivity index (χ1n) is 5.75. The molecule has 2 heterocycles. The normalized spacial score (nSPS) is 15.4. The Kier molecular flexibility index (Phi) is 1.70. The van der Waals surface area contributed by atoms with Crippen LogP contribution in [0.25, 0.3) is 5.57 Å². The largest absolute Gasteiger partial charge is 0.296 e. The molecule has 0 saturated carbocycles. The van der Waals surface area contributed by atoms with E-state index in [0.717, 1.165) is 27.4 Å². The number of benzene rings is 2. The van der Waals surface area contributed by atoms with Crippen LogP contribution in [0.15, 0.2) is 58.5 Å². The summed E-state index contributed by atoms with van der Waals surface area (Å²) >= 11 is 0. The number of rotatable bonds is 0. The summed E-state index contributed by atoms with van der Waals surface area (Å²) in [7, 11) is 0. The van der Waals surface area contributed by atoms with Crippen LogP contribution in [0.3, 0.4) is 0 Å². The number of carbonyl (C=O) groups is 1. The Bertz CT molecular complexity index is 847. The van der Waals surface area contributed by atoms with Gasteiger partial charge in [0, 0.05) is 16.4 Å². The third-order valence-electron chi connectivity index (χ3n) is 3.24. The van der Waals surface area contributed by atoms with E-state index in [4.69, 9.17) is 0 Å². The summed E-state index contributed by atoms with van der Waals surface area (Å²) < 4.78 is 0. The Labute approximate surface area is 103 Å². The lowest BCUT2D eigenvalue weighted by atomic mass is 9.98. The van der Waals surface area contributed by atoms with Crippen LogP contribution in [-0.4, -0.2) is 11.6 Å². The molecule has 3 heteroatoms. The highest BCUT2D eigenvalue weighted by Gasteiger charge is 2.28. The van der Waals surface area contributed by atoms with Crippen LogP contribution in [0.5, 0.6) is 0 Å². The van der Waals surface area contributed by atoms with Crippen LogP contribution in [0.2, 0.25) is 0 Å². The molecule has 0 fully saturated rings. The quantitative estimate of drug-likeness (QED) is 0.671. The molecule has 0 saturated heterocycles. The second-order valence-corrected chi connectivity index (χ2v) is 4.29. The maximum absolute atomic E-state index is 12.0. The molecule has 84 valence electrons. The van der Waals surface area contributed by atoms with Gasteiger partial charge >= 0.3 is 0 Å². The second-order valence-electron chi connectivity index (χ2n) is 4.29. The van der Waals surface area contributed by atoms with Gasteiger partial charge in [-0.2, -0.15) is 0 Å². The number of hydrogen-bond acceptors (Lipinski definition) is 2. The molecular weight excluding hydrogens is 224 g/mol. The van der Waals surface area contributed by atoms with E-state index >= 15 is 0 Å². The zero-order chi connectivity index (χ0) is 12.1. The molecule has 0 atom stereocenters. The van der Waals surface area contributed by atoms with E-state index < -0.39 is 0 Å². The van der Waals surface area contributed by atoms with Crippen molar-refractivity contribution in [3.8, 4) is 0 Å². The Balaban J connectivity index is 2.25. The molecule has 0 spiro atoms. The van der Waals surface area contributed by atoms with Crippen molar-refractivity contribution < 1.29 is 4.79 Å². The molecule has 0 bridgehead atoms. The monoisotopic (exact) mass is 232 g/mol. The van der Waals surface area contributed by atoms with Crippen molar-refractivity contribution in [3.63, 3.8) is 0 Å². The van der Waals surface area contributed by atoms with Crippen molar-refractivity contribution in [1.29, 1.82) is 0 Å². The SMILES string of the molecule is O=C1N=c2ccccc2=C2C1=Nc1ccccc12. The van der Waals surface area contributed by atoms with E-state index in [1.165, 1.54) is 0 Å². The maximum atomic E-state index is 12.0. The summed E-state index contributed by atoms with van der Waals surface area (Å²) in [4.78, 5) is 20.5. The maximum Gasteiger partial charge on any atom is 0.296 e. The molecule has 0 aliphatic carbocycles. The predicted octanol–water partition coefficient (Wildman–Crippen LogP) is 1.13. The van der Waals surface area contributed by atoms with Gasteiger partial charge in [0.1, 0.15) is 5.71 Å². The van der Waals surface area contributed by atoms with Crippen molar-refractivity contribution in [2.45, 2.75) is 0 Å². The summed E-state index contributed by atoms with van der Waals surface area (Å²) in [5.41, 5.74) is 3.25. The topological polar surface area (TPSA) is 41.8 Å². The van der Waals surface area contributed by atoms with Gasteiger partial charge in [0.05, 0.1) is 11.0 Å². The first-order chi connectivity index (χ1) is 8.84. The molecule has 2 aromatic rings. The van der Waals surface area contributed by atoms with E-state index in [1.54, 1.807) is 0 Å². The van der Waals surface area contributed by atoms with Gasteiger partial charge in [-0.25, -0.2) is 9.98 Å². The molecule has 0 aromatic heterocycles. The molecule has 2 aliphatic heterocycles. The lowest BCUT2D eigenvalue weighted by molar-refractivity contribution is -0.111. The lowest BCUT2D eigenvalue weighted by Gasteiger charge is -2.06. The van der Waals surface area contributed by atoms with Gasteiger partial charge in [-0.1, -0.05) is 36.4 Å². The molecule has 2 aliphatic rings. The summed E-state index contributed by atoms with van der Waals surface area (Å²) in [6.07, 6.45) is 0. The highest BCUT2D eigenvalue weighted by Crippen LogP contribution is 2.33. The van der Waals surface area contributed by atoms with Crippen molar-refractivity contribution in [2.24, 2.45) is 9.98 Å². The fourth-order valence-corrected chi connectivity index (χ4v) is 2.46. The fraction of sp³-hybridized carbons (Fsp3) is 0. The van der Waals surface area contributed by atoms with Gasteiger partial charge in [-0.3, -0.25) is 4.79 Å². The Morgan fingerprint density at radius 1 is 0.833 bits per heavy atom. The minimum Gasteiger partial charge on any atom is -0.265 e. The smallest absolute Gasteiger partial charge is 0.265 e. The van der Waals surface area contributed by atoms with Gasteiger partial charge in [-0.15, -0.1) is 0 Å². The third kappa shape index (κ3) is 1.10. The van der Waals surface area contributed by atoms with Gasteiger partial charge in [0.25, 0.3) is 5.91 Å². The lowest BCUT2D eigenvalue weighted by Crippen LogP contribution is -2.36. The standard InChI is InChI=1S/C15H8N2O/c18-15-14-13(9-5-1-3-7-11(9)16-14)10-6-2-4-8-12(10)17-15/h1-8H. The van der Waals surface area contributed by atoms with Crippen LogP contribution in [0.1, 0.15) is 5.56 Å². The Morgan fingerprint density at radius 2 is 1.61 bits per heavy atom. The van der Waals surface area contributed by atoms with E-state index in [2.05, 4.69) is 9.98 Å². The predicted molar refractivity (Wildman–Crippen MR) is 68.3 cm³/mol. The zero-order valence-corrected chi connectivity index (χ0v) is 9.42. The molecule has 0 N–H and O–H groups in total. The van der Waals surface area contributed by atoms with Crippen LogP contribution >= 0.6 is 0 Å². The molecule has 0 radical (unpaired) electrons. The zero-order valence-electron chi connectivity index (χ0n) is 9.42. The number of fused-ring (bicyclic) bond motifs is 4. The molecular formula is C15H8N2O. The van der Waals surface area contributed by atoms with E-state index in [-0.39, 0.29) is 5.91 Å². The summed E-state index contributed by atoms with van der Waals surface area (Å²) in [5, 5.41) is 1.72. The average molecular weight is 232 g/mol. The number of nitrogens with zero attached hydrogens (tertiary/aromatic N) is 2. The average Bonchev–Trinajstić information content (AvgIpc) is 2.79. The van der Waals surface area contributed by atoms with Gasteiger partial charge in [0.2, 0.25) is 0 Å². The van der Waals surface area contributed by atoms with Crippen molar-refractivity contribution in [1.82, 2.24) is 0 Å². The Hall–Kier alpha value is -2.55. The Morgan fingerprint density at radius 3 is 2.56 bits per heavy atom. The van der Waals surface area contributed by atoms with Crippen molar-refractivity contribution >= 4 is 22.9 Å². The molecule has 0 unspecified atom stereocenters. The van der Waals surface area contributed by atoms with Crippen LogP contribution in [-0.2, 0) is 4.79 Å². The summed E-state index contributed by atoms with van der Waals surface area (Å²) in [6, 6.07) is 15.5. The number of amides is 1. The van der Waals surface area contributed by atoms with Gasteiger partial charge in [-0.05, 0) is 12.1 Å². The van der Waals surface area contributed by atoms with E-state index in [1.807, 2.05) is 48.5 Å². The minimum absolute atomic E-state index is 0.250. The van der Waals surface area contributed by atoms with E-state index in [9.17, 15) is 4.79 Å². The number of para-hydroxylation sites is 2. The first kappa shape index (κ1) is 9.48. The number of carbonyl (C=O) groups excluding carboxylic acids is 1. The van der Waals surface area contributed by atoms with Crippen molar-refractivity contribution in [3.05, 3.63) is 64.7 Å². The van der Waals surface area contributed by atoms with Crippen LogP contribution in [0, 0.1) is 0 Å². The number of hydrogen-bond donors (Lipinski definition) is 0. The molecule has 4 rings (SSSR count). The second kappa shape index (κ2) is 3.23. The molecule has 1 amide bonds. The van der Waals surface area contributed by atoms with E-state index in [0.29, 0.717) is 5.71 Å². The first-order valence-corrected chi connectivity index (χ1v) is 5.75. The molecule has 18 heavy (non-hydrogen) atoms. The van der Waals surface area contributed by atoms with Crippen LogP contribution < -0.4 is 10.6 Å². The highest BCUT2D eigenvalue weighted by molar-refractivity contribution is 6.58. The van der Waals surface area contributed by atoms with Crippen LogP contribution in [0.4, 0.5) is 5.69 Å². The third-order valence-corrected chi connectivity index (χ3v) is 3.24. The van der Waals surface area contributed by atoms with Gasteiger partial charge < -0.3 is 0 Å². The molecule has 3 nitrogen and oxygen atoms in total. The molecule has 2 aromatic carbocycles. The number of aliphatic imine (C=N–C) groups is 1. The highest BCUT2D eigenvalue weighted by atomic mass is 16.1.